The summed E-state index contributed by atoms with van der Waals surface area (Å²) < 4.78 is 0. The Kier molecular flexibility index (Phi) is 3.45. The van der Waals surface area contributed by atoms with Crippen molar-refractivity contribution in [2.24, 2.45) is 5.92 Å². The third kappa shape index (κ3) is 2.54. The summed E-state index contributed by atoms with van der Waals surface area (Å²) in [7, 11) is 0. The van der Waals surface area contributed by atoms with Crippen LogP contribution in [0.4, 0.5) is 0 Å². The second-order valence-corrected chi connectivity index (χ2v) is 6.51. The number of hydrogen-bond donors (Lipinski definition) is 1. The van der Waals surface area contributed by atoms with Gasteiger partial charge in [-0.25, -0.2) is 4.98 Å². The van der Waals surface area contributed by atoms with Crippen LogP contribution in [0.3, 0.4) is 0 Å². The Morgan fingerprint density at radius 2 is 2.29 bits per heavy atom. The number of aliphatic hydroxyl groups is 1. The van der Waals surface area contributed by atoms with Crippen LogP contribution in [0.1, 0.15) is 41.5 Å². The van der Waals surface area contributed by atoms with E-state index >= 15 is 0 Å². The summed E-state index contributed by atoms with van der Waals surface area (Å²) in [6.45, 7) is 3.54. The molecule has 17 heavy (non-hydrogen) atoms. The summed E-state index contributed by atoms with van der Waals surface area (Å²) >= 11 is 1.90. The molecule has 2 fully saturated rings. The van der Waals surface area contributed by atoms with Gasteiger partial charge in [0.15, 0.2) is 0 Å². The lowest BCUT2D eigenvalue weighted by molar-refractivity contribution is 0.220. The van der Waals surface area contributed by atoms with E-state index in [9.17, 15) is 0 Å². The summed E-state index contributed by atoms with van der Waals surface area (Å²) in [6, 6.07) is 0. The number of nitrogens with zero attached hydrogens (tertiary/aromatic N) is 2. The first kappa shape index (κ1) is 11.6. The molecule has 1 saturated carbocycles. The number of rotatable bonds is 4. The van der Waals surface area contributed by atoms with Crippen molar-refractivity contribution < 1.29 is 5.11 Å². The minimum Gasteiger partial charge on any atom is -0.396 e. The zero-order valence-corrected chi connectivity index (χ0v) is 11.0. The molecule has 1 N–H and O–H groups in total. The van der Waals surface area contributed by atoms with E-state index in [4.69, 9.17) is 5.11 Å². The highest BCUT2D eigenvalue weighted by molar-refractivity contribution is 7.11. The molecule has 0 aromatic carbocycles. The smallest absolute Gasteiger partial charge is 0.0959 e. The lowest BCUT2D eigenvalue weighted by atomic mass is 9.86. The predicted molar refractivity (Wildman–Crippen MR) is 69.2 cm³/mol. The first-order valence-corrected chi connectivity index (χ1v) is 7.44. The largest absolute Gasteiger partial charge is 0.396 e. The maximum atomic E-state index is 9.13. The van der Waals surface area contributed by atoms with Gasteiger partial charge in [-0.3, -0.25) is 4.90 Å². The predicted octanol–water partition coefficient (Wildman–Crippen LogP) is 2.22. The van der Waals surface area contributed by atoms with Gasteiger partial charge in [0.25, 0.3) is 0 Å². The van der Waals surface area contributed by atoms with Crippen molar-refractivity contribution >= 4 is 11.3 Å². The van der Waals surface area contributed by atoms with E-state index in [0.717, 1.165) is 32.0 Å². The molecule has 3 nitrogen and oxygen atoms in total. The van der Waals surface area contributed by atoms with E-state index in [0.29, 0.717) is 12.5 Å². The fourth-order valence-corrected chi connectivity index (χ4v) is 3.79. The standard InChI is InChI=1S/C13H20N2OS/c16-9-10-4-5-15(7-10)8-12-6-14-13(17-12)11-2-1-3-11/h6,10-11,16H,1-5,7-9H2. The molecule has 1 unspecified atom stereocenters. The number of aromatic nitrogens is 1. The molecule has 0 spiro atoms. The summed E-state index contributed by atoms with van der Waals surface area (Å²) in [4.78, 5) is 8.40. The number of thiazole rings is 1. The van der Waals surface area contributed by atoms with Crippen LogP contribution in [-0.2, 0) is 6.54 Å². The van der Waals surface area contributed by atoms with Gasteiger partial charge >= 0.3 is 0 Å². The van der Waals surface area contributed by atoms with Gasteiger partial charge in [-0.05, 0) is 31.7 Å². The fourth-order valence-electron chi connectivity index (χ4n) is 2.67. The molecule has 1 atom stereocenters. The molecule has 4 heteroatoms. The zero-order chi connectivity index (χ0) is 11.7. The Morgan fingerprint density at radius 1 is 1.41 bits per heavy atom. The van der Waals surface area contributed by atoms with Crippen LogP contribution < -0.4 is 0 Å². The molecule has 0 amide bonds. The SMILES string of the molecule is OCC1CCN(Cc2cnc(C3CCC3)s2)C1. The lowest BCUT2D eigenvalue weighted by Gasteiger charge is -2.22. The average Bonchev–Trinajstić information content (AvgIpc) is 2.86. The van der Waals surface area contributed by atoms with Gasteiger partial charge in [-0.1, -0.05) is 6.42 Å². The lowest BCUT2D eigenvalue weighted by Crippen LogP contribution is -2.20. The number of hydrogen-bond acceptors (Lipinski definition) is 4. The van der Waals surface area contributed by atoms with Crippen molar-refractivity contribution in [1.82, 2.24) is 9.88 Å². The summed E-state index contributed by atoms with van der Waals surface area (Å²) in [5.74, 6) is 1.26. The Morgan fingerprint density at radius 3 is 2.94 bits per heavy atom. The van der Waals surface area contributed by atoms with Crippen LogP contribution in [-0.4, -0.2) is 34.7 Å². The molecular weight excluding hydrogens is 232 g/mol. The maximum Gasteiger partial charge on any atom is 0.0959 e. The Balaban J connectivity index is 1.56. The minimum absolute atomic E-state index is 0.340. The summed E-state index contributed by atoms with van der Waals surface area (Å²) in [5.41, 5.74) is 0. The molecule has 0 radical (unpaired) electrons. The molecule has 1 aromatic rings. The molecule has 2 heterocycles. The van der Waals surface area contributed by atoms with Crippen LogP contribution in [0.15, 0.2) is 6.20 Å². The Labute approximate surface area is 106 Å². The second-order valence-electron chi connectivity index (χ2n) is 5.37. The van der Waals surface area contributed by atoms with E-state index < -0.39 is 0 Å². The highest BCUT2D eigenvalue weighted by atomic mass is 32.1. The quantitative estimate of drug-likeness (QED) is 0.892. The molecule has 1 aliphatic carbocycles. The summed E-state index contributed by atoms with van der Waals surface area (Å²) in [6.07, 6.45) is 7.26. The fraction of sp³-hybridized carbons (Fsp3) is 0.769. The first-order chi connectivity index (χ1) is 8.35. The molecule has 1 saturated heterocycles. The van der Waals surface area contributed by atoms with E-state index in [1.807, 2.05) is 11.3 Å². The van der Waals surface area contributed by atoms with E-state index in [1.54, 1.807) is 0 Å². The van der Waals surface area contributed by atoms with Crippen molar-refractivity contribution in [3.8, 4) is 0 Å². The van der Waals surface area contributed by atoms with Crippen LogP contribution in [0.5, 0.6) is 0 Å². The van der Waals surface area contributed by atoms with Gasteiger partial charge in [0.2, 0.25) is 0 Å². The van der Waals surface area contributed by atoms with E-state index in [2.05, 4.69) is 16.1 Å². The molecule has 3 rings (SSSR count). The normalized spacial score (nSPS) is 26.3. The third-order valence-corrected chi connectivity index (χ3v) is 5.18. The molecular formula is C13H20N2OS. The van der Waals surface area contributed by atoms with Crippen molar-refractivity contribution in [2.75, 3.05) is 19.7 Å². The molecule has 1 aromatic heterocycles. The van der Waals surface area contributed by atoms with E-state index in [-0.39, 0.29) is 0 Å². The first-order valence-electron chi connectivity index (χ1n) is 6.63. The molecule has 94 valence electrons. The molecule has 1 aliphatic heterocycles. The van der Waals surface area contributed by atoms with Crippen LogP contribution in [0.25, 0.3) is 0 Å². The van der Waals surface area contributed by atoms with Crippen LogP contribution in [0, 0.1) is 5.92 Å². The number of likely N-dealkylation sites (tertiary alicyclic amines) is 1. The average molecular weight is 252 g/mol. The van der Waals surface area contributed by atoms with Crippen LogP contribution in [0.2, 0.25) is 0 Å². The monoisotopic (exact) mass is 252 g/mol. The van der Waals surface area contributed by atoms with Crippen LogP contribution >= 0.6 is 11.3 Å². The highest BCUT2D eigenvalue weighted by Crippen LogP contribution is 2.38. The van der Waals surface area contributed by atoms with Crippen molar-refractivity contribution in [3.05, 3.63) is 16.1 Å². The molecule has 2 aliphatic rings. The zero-order valence-electron chi connectivity index (χ0n) is 10.1. The van der Waals surface area contributed by atoms with Gasteiger partial charge in [-0.2, -0.15) is 0 Å². The Bertz CT molecular complexity index is 375. The minimum atomic E-state index is 0.340. The van der Waals surface area contributed by atoms with E-state index in [1.165, 1.54) is 29.1 Å². The van der Waals surface area contributed by atoms with Crippen molar-refractivity contribution in [3.63, 3.8) is 0 Å². The second kappa shape index (κ2) is 5.04. The van der Waals surface area contributed by atoms with Crippen molar-refractivity contribution in [2.45, 2.75) is 38.1 Å². The van der Waals surface area contributed by atoms with Crippen molar-refractivity contribution in [1.29, 1.82) is 0 Å². The maximum absolute atomic E-state index is 9.13. The topological polar surface area (TPSA) is 36.4 Å². The highest BCUT2D eigenvalue weighted by Gasteiger charge is 2.25. The third-order valence-electron chi connectivity index (χ3n) is 4.03. The summed E-state index contributed by atoms with van der Waals surface area (Å²) in [5, 5.41) is 10.5. The Hall–Kier alpha value is -0.450. The van der Waals surface area contributed by atoms with Gasteiger partial charge in [-0.15, -0.1) is 11.3 Å². The van der Waals surface area contributed by atoms with Gasteiger partial charge in [0, 0.05) is 36.7 Å². The van der Waals surface area contributed by atoms with Gasteiger partial charge < -0.3 is 5.11 Å². The number of aliphatic hydroxyl groups excluding tert-OH is 1. The van der Waals surface area contributed by atoms with Gasteiger partial charge in [0.05, 0.1) is 5.01 Å². The molecule has 0 bridgehead atoms. The van der Waals surface area contributed by atoms with Gasteiger partial charge in [0.1, 0.15) is 0 Å².